The molecule has 0 bridgehead atoms. The first-order valence-electron chi connectivity index (χ1n) is 9.16. The zero-order valence-electron chi connectivity index (χ0n) is 16.0. The van der Waals surface area contributed by atoms with Crippen molar-refractivity contribution in [1.29, 1.82) is 0 Å². The van der Waals surface area contributed by atoms with Crippen molar-refractivity contribution in [2.24, 2.45) is 0 Å². The number of nitrogens with one attached hydrogen (secondary N) is 2. The van der Waals surface area contributed by atoms with Gasteiger partial charge in [-0.2, -0.15) is 0 Å². The van der Waals surface area contributed by atoms with Crippen LogP contribution in [0.2, 0.25) is 0 Å². The van der Waals surface area contributed by atoms with Gasteiger partial charge in [-0.1, -0.05) is 18.2 Å². The average Bonchev–Trinajstić information content (AvgIpc) is 3.37. The molecule has 0 aliphatic carbocycles. The van der Waals surface area contributed by atoms with Crippen molar-refractivity contribution in [1.82, 2.24) is 20.1 Å². The quantitative estimate of drug-likeness (QED) is 0.371. The Balaban J connectivity index is 1.62. The molecule has 152 valence electrons. The van der Waals surface area contributed by atoms with Crippen LogP contribution in [0.1, 0.15) is 11.3 Å². The first kappa shape index (κ1) is 19.6. The van der Waals surface area contributed by atoms with Gasteiger partial charge in [-0.15, -0.1) is 0 Å². The molecule has 30 heavy (non-hydrogen) atoms. The molecule has 0 unspecified atom stereocenters. The summed E-state index contributed by atoms with van der Waals surface area (Å²) in [4.78, 5) is 38.4. The van der Waals surface area contributed by atoms with Crippen molar-refractivity contribution in [3.63, 3.8) is 0 Å². The molecule has 3 amide bonds. The Labute approximate surface area is 177 Å². The molecular formula is C21H18N4O4S. The summed E-state index contributed by atoms with van der Waals surface area (Å²) in [6.07, 6.45) is 4.82. The molecule has 2 N–H and O–H groups in total. The maximum Gasteiger partial charge on any atom is 0.265 e. The number of furan rings is 1. The molecule has 8 nitrogen and oxygen atoms in total. The van der Waals surface area contributed by atoms with Gasteiger partial charge >= 0.3 is 0 Å². The van der Waals surface area contributed by atoms with E-state index in [1.54, 1.807) is 29.2 Å². The normalized spacial score (nSPS) is 15.7. The van der Waals surface area contributed by atoms with Crippen LogP contribution in [0.25, 0.3) is 17.0 Å². The number of likely N-dealkylation sites (N-methyl/N-ethyl adjacent to an activating group) is 1. The number of thiocarbonyl (C=S) groups is 1. The largest absolute Gasteiger partial charge is 0.467 e. The van der Waals surface area contributed by atoms with Crippen LogP contribution in [-0.4, -0.2) is 39.3 Å². The molecule has 0 radical (unpaired) electrons. The number of rotatable bonds is 5. The van der Waals surface area contributed by atoms with E-state index in [9.17, 15) is 14.4 Å². The predicted octanol–water partition coefficient (Wildman–Crippen LogP) is 1.81. The first-order valence-corrected chi connectivity index (χ1v) is 9.57. The van der Waals surface area contributed by atoms with E-state index in [0.717, 1.165) is 10.9 Å². The third kappa shape index (κ3) is 3.74. The summed E-state index contributed by atoms with van der Waals surface area (Å²) in [5.41, 5.74) is 1.45. The number of benzene rings is 1. The molecule has 1 aliphatic rings. The van der Waals surface area contributed by atoms with Crippen LogP contribution in [0.15, 0.2) is 58.8 Å². The molecule has 3 aromatic rings. The average molecular weight is 422 g/mol. The number of aromatic nitrogens is 1. The molecule has 0 atom stereocenters. The second-order valence-corrected chi connectivity index (χ2v) is 7.15. The fraction of sp³-hybridized carbons (Fsp3) is 0.143. The van der Waals surface area contributed by atoms with Gasteiger partial charge in [-0.3, -0.25) is 24.6 Å². The number of fused-ring (bicyclic) bond motifs is 1. The summed E-state index contributed by atoms with van der Waals surface area (Å²) in [5, 5.41) is 6.19. The molecule has 2 aromatic heterocycles. The number of para-hydroxylation sites is 1. The van der Waals surface area contributed by atoms with Crippen LogP contribution in [0.3, 0.4) is 0 Å². The highest BCUT2D eigenvalue weighted by Crippen LogP contribution is 2.24. The maximum absolute atomic E-state index is 12.5. The molecule has 1 saturated heterocycles. The van der Waals surface area contributed by atoms with E-state index in [2.05, 4.69) is 10.6 Å². The zero-order chi connectivity index (χ0) is 21.3. The standard InChI is InChI=1S/C21H18N4O4S/c1-24-20(28)16(19(27)23-21(24)30)9-13-11-25(17-7-3-2-6-15(13)17)12-18(26)22-10-14-5-4-8-29-14/h2-9,11H,10,12H2,1H3,(H,22,26)(H,23,27,30). The third-order valence-electron chi connectivity index (χ3n) is 4.78. The number of carbonyl (C=O) groups is 3. The number of amides is 3. The van der Waals surface area contributed by atoms with Crippen LogP contribution in [0.5, 0.6) is 0 Å². The Kier molecular flexibility index (Phi) is 5.20. The molecular weight excluding hydrogens is 404 g/mol. The highest BCUT2D eigenvalue weighted by Gasteiger charge is 2.31. The van der Waals surface area contributed by atoms with Crippen LogP contribution < -0.4 is 10.6 Å². The summed E-state index contributed by atoms with van der Waals surface area (Å²) in [7, 11) is 1.50. The fourth-order valence-corrected chi connectivity index (χ4v) is 3.41. The van der Waals surface area contributed by atoms with Crippen molar-refractivity contribution in [3.05, 3.63) is 65.8 Å². The fourth-order valence-electron chi connectivity index (χ4n) is 3.23. The molecule has 0 spiro atoms. The van der Waals surface area contributed by atoms with E-state index < -0.39 is 11.8 Å². The molecule has 1 aromatic carbocycles. The van der Waals surface area contributed by atoms with E-state index >= 15 is 0 Å². The van der Waals surface area contributed by atoms with Gasteiger partial charge in [-0.05, 0) is 36.5 Å². The maximum atomic E-state index is 12.5. The van der Waals surface area contributed by atoms with Crippen molar-refractivity contribution in [3.8, 4) is 0 Å². The molecule has 9 heteroatoms. The molecule has 1 aliphatic heterocycles. The molecule has 0 saturated carbocycles. The minimum absolute atomic E-state index is 0.0173. The third-order valence-corrected chi connectivity index (χ3v) is 5.15. The monoisotopic (exact) mass is 422 g/mol. The Morgan fingerprint density at radius 1 is 1.23 bits per heavy atom. The first-order chi connectivity index (χ1) is 14.4. The Morgan fingerprint density at radius 2 is 2.03 bits per heavy atom. The lowest BCUT2D eigenvalue weighted by molar-refractivity contribution is -0.128. The predicted molar refractivity (Wildman–Crippen MR) is 114 cm³/mol. The Hall–Kier alpha value is -3.72. The van der Waals surface area contributed by atoms with Gasteiger partial charge in [0.15, 0.2) is 5.11 Å². The van der Waals surface area contributed by atoms with E-state index in [1.807, 2.05) is 24.3 Å². The minimum Gasteiger partial charge on any atom is -0.467 e. The smallest absolute Gasteiger partial charge is 0.265 e. The molecule has 1 fully saturated rings. The number of carbonyl (C=O) groups excluding carboxylic acids is 3. The topological polar surface area (TPSA) is 96.6 Å². The number of nitrogens with zero attached hydrogens (tertiary/aromatic N) is 2. The summed E-state index contributed by atoms with van der Waals surface area (Å²) in [6, 6.07) is 11.0. The van der Waals surface area contributed by atoms with Gasteiger partial charge in [-0.25, -0.2) is 0 Å². The van der Waals surface area contributed by atoms with Gasteiger partial charge in [0, 0.05) is 29.7 Å². The molecule has 3 heterocycles. The zero-order valence-corrected chi connectivity index (χ0v) is 16.9. The molecule has 4 rings (SSSR count). The Morgan fingerprint density at radius 3 is 2.80 bits per heavy atom. The summed E-state index contributed by atoms with van der Waals surface area (Å²) < 4.78 is 6.99. The van der Waals surface area contributed by atoms with E-state index in [4.69, 9.17) is 16.6 Å². The van der Waals surface area contributed by atoms with Gasteiger partial charge in [0.2, 0.25) is 5.91 Å². The second-order valence-electron chi connectivity index (χ2n) is 6.77. The van der Waals surface area contributed by atoms with Gasteiger partial charge in [0.25, 0.3) is 11.8 Å². The highest BCUT2D eigenvalue weighted by atomic mass is 32.1. The SMILES string of the molecule is CN1C(=O)C(=Cc2cn(CC(=O)NCc3ccco3)c3ccccc23)C(=O)NC1=S. The van der Waals surface area contributed by atoms with Crippen LogP contribution >= 0.6 is 12.2 Å². The van der Waals surface area contributed by atoms with Crippen molar-refractivity contribution in [2.75, 3.05) is 7.05 Å². The van der Waals surface area contributed by atoms with Gasteiger partial charge < -0.3 is 14.3 Å². The second kappa shape index (κ2) is 7.96. The van der Waals surface area contributed by atoms with E-state index in [-0.39, 0.29) is 23.1 Å². The van der Waals surface area contributed by atoms with E-state index in [0.29, 0.717) is 17.9 Å². The highest BCUT2D eigenvalue weighted by molar-refractivity contribution is 7.80. The van der Waals surface area contributed by atoms with Crippen LogP contribution in [-0.2, 0) is 27.5 Å². The van der Waals surface area contributed by atoms with Gasteiger partial charge in [0.05, 0.1) is 12.8 Å². The summed E-state index contributed by atoms with van der Waals surface area (Å²) in [6.45, 7) is 0.372. The van der Waals surface area contributed by atoms with Crippen LogP contribution in [0.4, 0.5) is 0 Å². The lowest BCUT2D eigenvalue weighted by Crippen LogP contribution is -2.52. The number of hydrogen-bond donors (Lipinski definition) is 2. The van der Waals surface area contributed by atoms with Gasteiger partial charge in [0.1, 0.15) is 17.9 Å². The summed E-state index contributed by atoms with van der Waals surface area (Å²) >= 11 is 4.97. The Bertz CT molecular complexity index is 1190. The lowest BCUT2D eigenvalue weighted by Gasteiger charge is -2.24. The number of hydrogen-bond acceptors (Lipinski definition) is 5. The van der Waals surface area contributed by atoms with Crippen molar-refractivity contribution in [2.45, 2.75) is 13.1 Å². The van der Waals surface area contributed by atoms with Crippen molar-refractivity contribution < 1.29 is 18.8 Å². The van der Waals surface area contributed by atoms with E-state index in [1.165, 1.54) is 18.0 Å². The van der Waals surface area contributed by atoms with Crippen molar-refractivity contribution >= 4 is 52.0 Å². The summed E-state index contributed by atoms with van der Waals surface area (Å²) in [5.74, 6) is -0.550. The minimum atomic E-state index is -0.545. The lowest BCUT2D eigenvalue weighted by atomic mass is 10.1. The van der Waals surface area contributed by atoms with Crippen LogP contribution in [0, 0.1) is 0 Å².